The Labute approximate surface area is 99.1 Å². The van der Waals surface area contributed by atoms with Gasteiger partial charge in [-0.1, -0.05) is 23.8 Å². The van der Waals surface area contributed by atoms with E-state index in [4.69, 9.17) is 11.6 Å². The topological polar surface area (TPSA) is 55.2 Å². The molecule has 0 fully saturated rings. The Morgan fingerprint density at radius 3 is 2.88 bits per heavy atom. The quantitative estimate of drug-likeness (QED) is 0.489. The number of nitro benzene ring substituents is 1. The van der Waals surface area contributed by atoms with Gasteiger partial charge in [0.25, 0.3) is 5.69 Å². The molecular formula is C11H13ClN2O2. The molecule has 0 saturated heterocycles. The molecule has 0 bridgehead atoms. The fraction of sp³-hybridized carbons (Fsp3) is 0.273. The number of hydrogen-bond acceptors (Lipinski definition) is 3. The van der Waals surface area contributed by atoms with E-state index in [-0.39, 0.29) is 5.69 Å². The van der Waals surface area contributed by atoms with Crippen LogP contribution in [0.2, 0.25) is 5.02 Å². The van der Waals surface area contributed by atoms with Gasteiger partial charge in [-0.3, -0.25) is 10.1 Å². The number of benzene rings is 1. The molecule has 86 valence electrons. The first kappa shape index (κ1) is 12.7. The van der Waals surface area contributed by atoms with E-state index in [1.165, 1.54) is 12.1 Å². The third kappa shape index (κ3) is 3.64. The second kappa shape index (κ2) is 5.63. The normalized spacial score (nSPS) is 10.1. The van der Waals surface area contributed by atoms with Crippen molar-refractivity contribution in [1.29, 1.82) is 0 Å². The second-order valence-electron chi connectivity index (χ2n) is 3.59. The Balaban J connectivity index is 2.80. The first-order valence-electron chi connectivity index (χ1n) is 4.78. The van der Waals surface area contributed by atoms with Gasteiger partial charge in [0, 0.05) is 29.7 Å². The highest BCUT2D eigenvalue weighted by Gasteiger charge is 2.12. The monoisotopic (exact) mass is 240 g/mol. The van der Waals surface area contributed by atoms with E-state index >= 15 is 0 Å². The van der Waals surface area contributed by atoms with Crippen molar-refractivity contribution in [2.24, 2.45) is 0 Å². The average Bonchev–Trinajstić information content (AvgIpc) is 2.16. The Hall–Kier alpha value is -1.39. The van der Waals surface area contributed by atoms with Crippen LogP contribution in [-0.4, -0.2) is 11.5 Å². The molecule has 0 aliphatic carbocycles. The Bertz CT molecular complexity index is 418. The van der Waals surface area contributed by atoms with E-state index in [1.807, 2.05) is 6.92 Å². The molecule has 1 N–H and O–H groups in total. The van der Waals surface area contributed by atoms with Crippen LogP contribution in [0.3, 0.4) is 0 Å². The third-order valence-electron chi connectivity index (χ3n) is 1.98. The Morgan fingerprint density at radius 1 is 1.62 bits per heavy atom. The molecule has 0 atom stereocenters. The predicted octanol–water partition coefficient (Wildman–Crippen LogP) is 2.91. The highest BCUT2D eigenvalue weighted by Crippen LogP contribution is 2.22. The average molecular weight is 241 g/mol. The molecular weight excluding hydrogens is 228 g/mol. The van der Waals surface area contributed by atoms with Crippen LogP contribution in [0.15, 0.2) is 30.4 Å². The van der Waals surface area contributed by atoms with Crippen LogP contribution in [0.25, 0.3) is 0 Å². The maximum Gasteiger partial charge on any atom is 0.273 e. The van der Waals surface area contributed by atoms with Crippen molar-refractivity contribution in [2.75, 3.05) is 6.54 Å². The minimum Gasteiger partial charge on any atom is -0.309 e. The van der Waals surface area contributed by atoms with Crippen molar-refractivity contribution in [1.82, 2.24) is 5.32 Å². The van der Waals surface area contributed by atoms with Gasteiger partial charge in [-0.05, 0) is 19.1 Å². The number of hydrogen-bond donors (Lipinski definition) is 1. The van der Waals surface area contributed by atoms with Gasteiger partial charge in [-0.25, -0.2) is 0 Å². The number of nitro groups is 1. The summed E-state index contributed by atoms with van der Waals surface area (Å²) in [7, 11) is 0. The fourth-order valence-electron chi connectivity index (χ4n) is 1.28. The molecule has 16 heavy (non-hydrogen) atoms. The van der Waals surface area contributed by atoms with Crippen LogP contribution >= 0.6 is 11.6 Å². The van der Waals surface area contributed by atoms with E-state index in [0.29, 0.717) is 23.7 Å². The molecule has 1 aromatic rings. The summed E-state index contributed by atoms with van der Waals surface area (Å²) in [5.41, 5.74) is 1.64. The van der Waals surface area contributed by atoms with E-state index < -0.39 is 4.92 Å². The zero-order valence-electron chi connectivity index (χ0n) is 9.00. The first-order valence-corrected chi connectivity index (χ1v) is 5.16. The largest absolute Gasteiger partial charge is 0.309 e. The van der Waals surface area contributed by atoms with E-state index in [2.05, 4.69) is 11.9 Å². The molecule has 0 aliphatic heterocycles. The SMILES string of the molecule is C=C(C)CNCc1cc(Cl)ccc1[N+](=O)[O-]. The number of halogens is 1. The second-order valence-corrected chi connectivity index (χ2v) is 4.03. The van der Waals surface area contributed by atoms with E-state index in [1.54, 1.807) is 6.07 Å². The van der Waals surface area contributed by atoms with Gasteiger partial charge in [0.1, 0.15) is 0 Å². The molecule has 1 aromatic carbocycles. The molecule has 0 heterocycles. The molecule has 0 amide bonds. The zero-order valence-corrected chi connectivity index (χ0v) is 9.75. The van der Waals surface area contributed by atoms with Crippen LogP contribution < -0.4 is 5.32 Å². The summed E-state index contributed by atoms with van der Waals surface area (Å²) in [6, 6.07) is 4.53. The number of nitrogens with one attached hydrogen (secondary N) is 1. The molecule has 0 unspecified atom stereocenters. The maximum atomic E-state index is 10.7. The van der Waals surface area contributed by atoms with Gasteiger partial charge in [-0.15, -0.1) is 0 Å². The minimum absolute atomic E-state index is 0.0821. The number of rotatable bonds is 5. The smallest absolute Gasteiger partial charge is 0.273 e. The van der Waals surface area contributed by atoms with Gasteiger partial charge >= 0.3 is 0 Å². The Morgan fingerprint density at radius 2 is 2.31 bits per heavy atom. The molecule has 1 rings (SSSR count). The molecule has 4 nitrogen and oxygen atoms in total. The fourth-order valence-corrected chi connectivity index (χ4v) is 1.48. The van der Waals surface area contributed by atoms with Gasteiger partial charge in [0.2, 0.25) is 0 Å². The van der Waals surface area contributed by atoms with E-state index in [0.717, 1.165) is 5.57 Å². The van der Waals surface area contributed by atoms with Crippen LogP contribution in [0.4, 0.5) is 5.69 Å². The lowest BCUT2D eigenvalue weighted by Gasteiger charge is -2.05. The maximum absolute atomic E-state index is 10.7. The van der Waals surface area contributed by atoms with Crippen LogP contribution in [0.1, 0.15) is 12.5 Å². The standard InChI is InChI=1S/C11H13ClN2O2/c1-8(2)6-13-7-9-5-10(12)3-4-11(9)14(15)16/h3-5,13H,1,6-7H2,2H3. The molecule has 0 saturated carbocycles. The van der Waals surface area contributed by atoms with Crippen molar-refractivity contribution in [2.45, 2.75) is 13.5 Å². The van der Waals surface area contributed by atoms with Crippen LogP contribution in [0.5, 0.6) is 0 Å². The van der Waals surface area contributed by atoms with Crippen molar-refractivity contribution in [3.05, 3.63) is 51.1 Å². The van der Waals surface area contributed by atoms with Crippen LogP contribution in [0, 0.1) is 10.1 Å². The minimum atomic E-state index is -0.409. The molecule has 0 radical (unpaired) electrons. The zero-order chi connectivity index (χ0) is 12.1. The van der Waals surface area contributed by atoms with Gasteiger partial charge in [-0.2, -0.15) is 0 Å². The third-order valence-corrected chi connectivity index (χ3v) is 2.22. The van der Waals surface area contributed by atoms with E-state index in [9.17, 15) is 10.1 Å². The van der Waals surface area contributed by atoms with Gasteiger partial charge in [0.05, 0.1) is 4.92 Å². The summed E-state index contributed by atoms with van der Waals surface area (Å²) < 4.78 is 0. The van der Waals surface area contributed by atoms with Crippen molar-refractivity contribution in [3.63, 3.8) is 0 Å². The molecule has 0 spiro atoms. The highest BCUT2D eigenvalue weighted by atomic mass is 35.5. The predicted molar refractivity (Wildman–Crippen MR) is 64.6 cm³/mol. The Kier molecular flexibility index (Phi) is 4.46. The van der Waals surface area contributed by atoms with Crippen molar-refractivity contribution < 1.29 is 4.92 Å². The molecule has 5 heteroatoms. The first-order chi connectivity index (χ1) is 7.50. The lowest BCUT2D eigenvalue weighted by Crippen LogP contribution is -2.16. The summed E-state index contributed by atoms with van der Waals surface area (Å²) in [6.45, 7) is 6.66. The summed E-state index contributed by atoms with van der Waals surface area (Å²) in [5.74, 6) is 0. The molecule has 0 aliphatic rings. The summed E-state index contributed by atoms with van der Waals surface area (Å²) in [6.07, 6.45) is 0. The molecule has 0 aromatic heterocycles. The highest BCUT2D eigenvalue weighted by molar-refractivity contribution is 6.30. The lowest BCUT2D eigenvalue weighted by molar-refractivity contribution is -0.385. The van der Waals surface area contributed by atoms with Gasteiger partial charge < -0.3 is 5.32 Å². The van der Waals surface area contributed by atoms with Gasteiger partial charge in [0.15, 0.2) is 0 Å². The summed E-state index contributed by atoms with van der Waals surface area (Å²) in [4.78, 5) is 10.3. The summed E-state index contributed by atoms with van der Waals surface area (Å²) in [5, 5.41) is 14.3. The number of nitrogens with zero attached hydrogens (tertiary/aromatic N) is 1. The summed E-state index contributed by atoms with van der Waals surface area (Å²) >= 11 is 5.80. The van der Waals surface area contributed by atoms with Crippen molar-refractivity contribution >= 4 is 17.3 Å². The van der Waals surface area contributed by atoms with Crippen LogP contribution in [-0.2, 0) is 6.54 Å². The van der Waals surface area contributed by atoms with Crippen molar-refractivity contribution in [3.8, 4) is 0 Å². The lowest BCUT2D eigenvalue weighted by atomic mass is 10.2.